The lowest BCUT2D eigenvalue weighted by Crippen LogP contribution is -2.33. The van der Waals surface area contributed by atoms with Crippen molar-refractivity contribution in [1.29, 1.82) is 0 Å². The lowest BCUT2D eigenvalue weighted by atomic mass is 10.2. The number of amides is 2. The molecule has 4 rings (SSSR count). The van der Waals surface area contributed by atoms with Crippen molar-refractivity contribution in [2.75, 3.05) is 10.2 Å². The molecular weight excluding hydrogens is 494 g/mol. The molecule has 3 aromatic rings. The molecule has 10 heteroatoms. The SMILES string of the molecule is Cc1ccc(S(=O)(=O)/N=C2/SC(CC(=O)Nc3ccc(Cl)cc3)C(=O)N2c2ccccc2)cc1. The van der Waals surface area contributed by atoms with E-state index in [0.29, 0.717) is 16.4 Å². The second-order valence-corrected chi connectivity index (χ2v) is 10.7. The molecule has 1 unspecified atom stereocenters. The molecule has 1 saturated heterocycles. The van der Waals surface area contributed by atoms with Crippen molar-refractivity contribution in [2.24, 2.45) is 4.40 Å². The van der Waals surface area contributed by atoms with E-state index in [1.54, 1.807) is 66.7 Å². The summed E-state index contributed by atoms with van der Waals surface area (Å²) in [5.41, 5.74) is 1.92. The van der Waals surface area contributed by atoms with E-state index in [0.717, 1.165) is 17.3 Å². The number of para-hydroxylation sites is 1. The summed E-state index contributed by atoms with van der Waals surface area (Å²) in [7, 11) is -4.07. The first-order chi connectivity index (χ1) is 16.2. The Morgan fingerprint density at radius 3 is 2.32 bits per heavy atom. The van der Waals surface area contributed by atoms with Crippen LogP contribution in [0, 0.1) is 6.92 Å². The Morgan fingerprint density at radius 1 is 1.03 bits per heavy atom. The second kappa shape index (κ2) is 10.0. The molecule has 0 aliphatic carbocycles. The summed E-state index contributed by atoms with van der Waals surface area (Å²) in [6.45, 7) is 1.85. The highest BCUT2D eigenvalue weighted by Gasteiger charge is 2.41. The lowest BCUT2D eigenvalue weighted by molar-refractivity contribution is -0.121. The van der Waals surface area contributed by atoms with Gasteiger partial charge in [-0.15, -0.1) is 4.40 Å². The van der Waals surface area contributed by atoms with Gasteiger partial charge >= 0.3 is 0 Å². The molecule has 1 aliphatic rings. The van der Waals surface area contributed by atoms with Crippen LogP contribution >= 0.6 is 23.4 Å². The Morgan fingerprint density at radius 2 is 1.68 bits per heavy atom. The third kappa shape index (κ3) is 5.49. The maximum atomic E-state index is 13.2. The zero-order valence-electron chi connectivity index (χ0n) is 18.0. The predicted molar refractivity (Wildman–Crippen MR) is 136 cm³/mol. The van der Waals surface area contributed by atoms with Gasteiger partial charge in [-0.2, -0.15) is 8.42 Å². The van der Waals surface area contributed by atoms with Gasteiger partial charge in [0.15, 0.2) is 5.17 Å². The number of benzene rings is 3. The zero-order chi connectivity index (χ0) is 24.3. The van der Waals surface area contributed by atoms with E-state index in [2.05, 4.69) is 9.71 Å². The number of carbonyl (C=O) groups excluding carboxylic acids is 2. The summed E-state index contributed by atoms with van der Waals surface area (Å²) in [6.07, 6.45) is -0.154. The van der Waals surface area contributed by atoms with Crippen LogP contribution in [0.4, 0.5) is 11.4 Å². The maximum Gasteiger partial charge on any atom is 0.284 e. The number of thioether (sulfide) groups is 1. The summed E-state index contributed by atoms with van der Waals surface area (Å²) in [5, 5.41) is 2.43. The molecule has 174 valence electrons. The quantitative estimate of drug-likeness (QED) is 0.507. The molecule has 1 N–H and O–H groups in total. The average Bonchev–Trinajstić information content (AvgIpc) is 3.10. The van der Waals surface area contributed by atoms with Crippen molar-refractivity contribution in [3.8, 4) is 0 Å². The first kappa shape index (κ1) is 24.0. The number of nitrogens with one attached hydrogen (secondary N) is 1. The first-order valence-electron chi connectivity index (χ1n) is 10.3. The van der Waals surface area contributed by atoms with Crippen LogP contribution in [0.25, 0.3) is 0 Å². The number of nitrogens with zero attached hydrogens (tertiary/aromatic N) is 2. The van der Waals surface area contributed by atoms with E-state index < -0.39 is 21.2 Å². The van der Waals surface area contributed by atoms with Crippen molar-refractivity contribution < 1.29 is 18.0 Å². The number of amidine groups is 1. The van der Waals surface area contributed by atoms with Gasteiger partial charge in [-0.25, -0.2) is 0 Å². The van der Waals surface area contributed by atoms with Crippen LogP contribution in [0.1, 0.15) is 12.0 Å². The standard InChI is InChI=1S/C24H20ClN3O4S2/c1-16-7-13-20(14-8-16)34(31,32)27-24-28(19-5-3-2-4-6-19)23(30)21(33-24)15-22(29)26-18-11-9-17(25)10-12-18/h2-14,21H,15H2,1H3,(H,26,29)/b27-24+. The number of rotatable bonds is 6. The number of aryl methyl sites for hydroxylation is 1. The van der Waals surface area contributed by atoms with Gasteiger partial charge in [0, 0.05) is 17.1 Å². The number of carbonyl (C=O) groups is 2. The molecule has 1 heterocycles. The smallest absolute Gasteiger partial charge is 0.284 e. The van der Waals surface area contributed by atoms with Crippen molar-refractivity contribution in [1.82, 2.24) is 0 Å². The van der Waals surface area contributed by atoms with Gasteiger partial charge in [0.1, 0.15) is 5.25 Å². The largest absolute Gasteiger partial charge is 0.326 e. The highest BCUT2D eigenvalue weighted by molar-refractivity contribution is 8.16. The van der Waals surface area contributed by atoms with Crippen molar-refractivity contribution >= 4 is 61.7 Å². The topological polar surface area (TPSA) is 95.9 Å². The first-order valence-corrected chi connectivity index (χ1v) is 13.0. The molecule has 0 saturated carbocycles. The second-order valence-electron chi connectivity index (χ2n) is 7.54. The van der Waals surface area contributed by atoms with Crippen LogP contribution in [0.5, 0.6) is 0 Å². The molecule has 1 aliphatic heterocycles. The average molecular weight is 514 g/mol. The summed E-state index contributed by atoms with van der Waals surface area (Å²) in [4.78, 5) is 27.1. The number of anilines is 2. The van der Waals surface area contributed by atoms with Crippen LogP contribution in [-0.2, 0) is 19.6 Å². The van der Waals surface area contributed by atoms with E-state index in [9.17, 15) is 18.0 Å². The van der Waals surface area contributed by atoms with Crippen molar-refractivity contribution in [3.05, 3.63) is 89.4 Å². The van der Waals surface area contributed by atoms with Crippen LogP contribution in [0.3, 0.4) is 0 Å². The summed E-state index contributed by atoms with van der Waals surface area (Å²) < 4.78 is 29.9. The van der Waals surface area contributed by atoms with Gasteiger partial charge < -0.3 is 5.32 Å². The van der Waals surface area contributed by atoms with Gasteiger partial charge in [0.2, 0.25) is 11.8 Å². The fraction of sp³-hybridized carbons (Fsp3) is 0.125. The molecule has 0 spiro atoms. The van der Waals surface area contributed by atoms with Gasteiger partial charge in [0.25, 0.3) is 10.0 Å². The van der Waals surface area contributed by atoms with E-state index in [-0.39, 0.29) is 22.4 Å². The molecule has 1 fully saturated rings. The van der Waals surface area contributed by atoms with E-state index in [4.69, 9.17) is 11.6 Å². The van der Waals surface area contributed by atoms with Gasteiger partial charge in [-0.3, -0.25) is 14.5 Å². The molecule has 0 aromatic heterocycles. The van der Waals surface area contributed by atoms with Gasteiger partial charge in [-0.1, -0.05) is 59.3 Å². The minimum atomic E-state index is -4.07. The van der Waals surface area contributed by atoms with E-state index in [1.807, 2.05) is 6.92 Å². The van der Waals surface area contributed by atoms with Gasteiger partial charge in [0.05, 0.1) is 10.6 Å². The molecule has 1 atom stereocenters. The third-order valence-electron chi connectivity index (χ3n) is 4.97. The molecular formula is C24H20ClN3O4S2. The number of hydrogen-bond donors (Lipinski definition) is 1. The Hall–Kier alpha value is -3.14. The Kier molecular flexibility index (Phi) is 7.06. The molecule has 0 radical (unpaired) electrons. The predicted octanol–water partition coefficient (Wildman–Crippen LogP) is 4.87. The summed E-state index contributed by atoms with van der Waals surface area (Å²) in [6, 6.07) is 21.5. The number of halogens is 1. The van der Waals surface area contributed by atoms with E-state index in [1.165, 1.54) is 17.0 Å². The van der Waals surface area contributed by atoms with Crippen LogP contribution in [0.2, 0.25) is 5.02 Å². The highest BCUT2D eigenvalue weighted by atomic mass is 35.5. The fourth-order valence-electron chi connectivity index (χ4n) is 3.25. The fourth-order valence-corrected chi connectivity index (χ4v) is 5.72. The molecule has 7 nitrogen and oxygen atoms in total. The molecule has 2 amide bonds. The zero-order valence-corrected chi connectivity index (χ0v) is 20.4. The van der Waals surface area contributed by atoms with Crippen LogP contribution < -0.4 is 10.2 Å². The van der Waals surface area contributed by atoms with Crippen LogP contribution in [0.15, 0.2) is 88.2 Å². The Labute approximate surface area is 206 Å². The minimum absolute atomic E-state index is 0.000989. The monoisotopic (exact) mass is 513 g/mol. The highest BCUT2D eigenvalue weighted by Crippen LogP contribution is 2.35. The summed E-state index contributed by atoms with van der Waals surface area (Å²) >= 11 is 6.82. The normalized spacial score (nSPS) is 17.2. The molecule has 3 aromatic carbocycles. The minimum Gasteiger partial charge on any atom is -0.326 e. The number of sulfonamides is 1. The molecule has 0 bridgehead atoms. The van der Waals surface area contributed by atoms with E-state index >= 15 is 0 Å². The van der Waals surface area contributed by atoms with Crippen molar-refractivity contribution in [3.63, 3.8) is 0 Å². The Bertz CT molecular complexity index is 1340. The Balaban J connectivity index is 1.61. The van der Waals surface area contributed by atoms with Gasteiger partial charge in [-0.05, 0) is 55.5 Å². The lowest BCUT2D eigenvalue weighted by Gasteiger charge is -2.16. The van der Waals surface area contributed by atoms with Crippen molar-refractivity contribution in [2.45, 2.75) is 23.5 Å². The summed E-state index contributed by atoms with van der Waals surface area (Å²) in [5.74, 6) is -0.802. The maximum absolute atomic E-state index is 13.2. The molecule has 34 heavy (non-hydrogen) atoms. The third-order valence-corrected chi connectivity index (χ3v) is 7.75. The van der Waals surface area contributed by atoms with Crippen LogP contribution in [-0.4, -0.2) is 30.6 Å². The number of hydrogen-bond acceptors (Lipinski definition) is 5.